The zero-order chi connectivity index (χ0) is 23.3. The number of hydrogen-bond acceptors (Lipinski definition) is 6. The second-order valence-electron chi connectivity index (χ2n) is 10.5. The monoisotopic (exact) mass is 430 g/mol. The molecule has 2 aliphatic heterocycles. The topological polar surface area (TPSA) is 99.5 Å². The molecule has 2 N–H and O–H groups in total. The van der Waals surface area contributed by atoms with Crippen molar-refractivity contribution in [2.45, 2.75) is 91.6 Å². The Labute approximate surface area is 181 Å². The quantitative estimate of drug-likeness (QED) is 0.612. The third-order valence-electron chi connectivity index (χ3n) is 5.14. The number of amides is 2. The molecule has 176 valence electrons. The molecule has 0 bridgehead atoms. The molecule has 0 aliphatic carbocycles. The molecule has 2 fully saturated rings. The maximum Gasteiger partial charge on any atom is 0.410 e. The van der Waals surface area contributed by atoms with E-state index in [4.69, 9.17) is 9.47 Å². The van der Waals surface area contributed by atoms with Crippen LogP contribution >= 0.6 is 0 Å². The standard InChI is InChI=1S/2C11H21NO3/c2*1-8-5-6-12(7-9(8)13)10(14)15-11(2,3)4/h2*8-9,13H,5-7H2,1-4H3/t2*8-,9+/m10/s1. The number of ether oxygens (including phenoxy) is 2. The van der Waals surface area contributed by atoms with Gasteiger partial charge >= 0.3 is 12.2 Å². The van der Waals surface area contributed by atoms with Crippen molar-refractivity contribution in [2.75, 3.05) is 26.2 Å². The number of carbonyl (C=O) groups excluding carboxylic acids is 2. The van der Waals surface area contributed by atoms with Gasteiger partial charge < -0.3 is 29.5 Å². The van der Waals surface area contributed by atoms with Gasteiger partial charge in [-0.15, -0.1) is 0 Å². The van der Waals surface area contributed by atoms with Gasteiger partial charge in [-0.2, -0.15) is 0 Å². The Morgan fingerprint density at radius 3 is 1.27 bits per heavy atom. The number of nitrogens with zero attached hydrogens (tertiary/aromatic N) is 2. The van der Waals surface area contributed by atoms with Gasteiger partial charge in [0.1, 0.15) is 11.2 Å². The van der Waals surface area contributed by atoms with Gasteiger partial charge in [0.15, 0.2) is 0 Å². The van der Waals surface area contributed by atoms with Crippen LogP contribution in [0.5, 0.6) is 0 Å². The Morgan fingerprint density at radius 1 is 0.733 bits per heavy atom. The van der Waals surface area contributed by atoms with Crippen LogP contribution in [0.15, 0.2) is 0 Å². The van der Waals surface area contributed by atoms with E-state index >= 15 is 0 Å². The molecule has 0 saturated carbocycles. The van der Waals surface area contributed by atoms with Gasteiger partial charge in [0.25, 0.3) is 0 Å². The summed E-state index contributed by atoms with van der Waals surface area (Å²) < 4.78 is 10.5. The molecule has 2 heterocycles. The van der Waals surface area contributed by atoms with Crippen molar-refractivity contribution in [3.63, 3.8) is 0 Å². The van der Waals surface area contributed by atoms with Crippen LogP contribution in [0.2, 0.25) is 0 Å². The SMILES string of the molecule is C[C@@H]1CCN(C(=O)OC(C)(C)C)C[C@@H]1O.C[C@H]1CCN(C(=O)OC(C)(C)C)C[C@H]1O. The lowest BCUT2D eigenvalue weighted by molar-refractivity contribution is -0.00982. The molecule has 0 unspecified atom stereocenters. The number of aliphatic hydroxyl groups excluding tert-OH is 2. The maximum atomic E-state index is 11.7. The minimum atomic E-state index is -0.467. The first-order valence-corrected chi connectivity index (χ1v) is 10.9. The van der Waals surface area contributed by atoms with Gasteiger partial charge in [0.2, 0.25) is 0 Å². The minimum Gasteiger partial charge on any atom is -0.444 e. The fourth-order valence-electron chi connectivity index (χ4n) is 3.08. The molecule has 8 heteroatoms. The van der Waals surface area contributed by atoms with Gasteiger partial charge in [-0.3, -0.25) is 0 Å². The van der Waals surface area contributed by atoms with Crippen LogP contribution in [0.1, 0.15) is 68.2 Å². The number of piperidine rings is 2. The van der Waals surface area contributed by atoms with Crippen LogP contribution in [0.25, 0.3) is 0 Å². The largest absolute Gasteiger partial charge is 0.444 e. The summed E-state index contributed by atoms with van der Waals surface area (Å²) in [5, 5.41) is 19.3. The normalized spacial score (nSPS) is 27.7. The summed E-state index contributed by atoms with van der Waals surface area (Å²) in [5.41, 5.74) is -0.934. The molecule has 0 aromatic carbocycles. The molecule has 0 aromatic heterocycles. The highest BCUT2D eigenvalue weighted by atomic mass is 16.6. The van der Waals surface area contributed by atoms with Gasteiger partial charge in [0.05, 0.1) is 25.3 Å². The predicted molar refractivity (Wildman–Crippen MR) is 115 cm³/mol. The van der Waals surface area contributed by atoms with Crippen molar-refractivity contribution in [1.29, 1.82) is 0 Å². The Balaban J connectivity index is 0.000000300. The number of β-amino-alcohol motifs (C(OH)–C–C–N with tert-alkyl or cyclic N) is 2. The molecule has 0 spiro atoms. The molecule has 2 aliphatic rings. The average Bonchev–Trinajstić information content (AvgIpc) is 2.57. The first kappa shape index (κ1) is 26.5. The highest BCUT2D eigenvalue weighted by Crippen LogP contribution is 2.20. The number of aliphatic hydroxyl groups is 2. The zero-order valence-corrected chi connectivity index (χ0v) is 20.0. The summed E-state index contributed by atoms with van der Waals surface area (Å²) in [5.74, 6) is 0.535. The van der Waals surface area contributed by atoms with Crippen molar-refractivity contribution in [1.82, 2.24) is 9.80 Å². The van der Waals surface area contributed by atoms with Gasteiger partial charge in [-0.05, 0) is 66.2 Å². The van der Waals surface area contributed by atoms with Crippen molar-refractivity contribution < 1.29 is 29.3 Å². The number of carbonyl (C=O) groups is 2. The lowest BCUT2D eigenvalue weighted by Gasteiger charge is -2.35. The Hall–Kier alpha value is -1.54. The Kier molecular flexibility index (Phi) is 9.42. The second-order valence-corrected chi connectivity index (χ2v) is 10.5. The van der Waals surface area contributed by atoms with Crippen LogP contribution < -0.4 is 0 Å². The van der Waals surface area contributed by atoms with E-state index in [1.54, 1.807) is 9.80 Å². The van der Waals surface area contributed by atoms with Gasteiger partial charge in [-0.25, -0.2) is 9.59 Å². The first-order valence-electron chi connectivity index (χ1n) is 10.9. The molecule has 8 nitrogen and oxygen atoms in total. The lowest BCUT2D eigenvalue weighted by atomic mass is 9.96. The van der Waals surface area contributed by atoms with Crippen molar-refractivity contribution in [3.05, 3.63) is 0 Å². The molecule has 30 heavy (non-hydrogen) atoms. The molecule has 4 atom stereocenters. The third-order valence-corrected chi connectivity index (χ3v) is 5.14. The van der Waals surface area contributed by atoms with Crippen LogP contribution in [-0.4, -0.2) is 81.8 Å². The van der Waals surface area contributed by atoms with Crippen LogP contribution in [-0.2, 0) is 9.47 Å². The van der Waals surface area contributed by atoms with E-state index < -0.39 is 23.4 Å². The summed E-state index contributed by atoms with van der Waals surface area (Å²) in [6.07, 6.45) is 0.167. The average molecular weight is 431 g/mol. The smallest absolute Gasteiger partial charge is 0.410 e. The number of hydrogen-bond donors (Lipinski definition) is 2. The predicted octanol–water partition coefficient (Wildman–Crippen LogP) is 3.25. The van der Waals surface area contributed by atoms with Crippen molar-refractivity contribution in [2.24, 2.45) is 11.8 Å². The first-order chi connectivity index (χ1) is 13.6. The molecule has 0 aromatic rings. The highest BCUT2D eigenvalue weighted by molar-refractivity contribution is 5.68. The van der Waals surface area contributed by atoms with Crippen molar-refractivity contribution >= 4 is 12.2 Å². The fourth-order valence-corrected chi connectivity index (χ4v) is 3.08. The van der Waals surface area contributed by atoms with E-state index in [1.165, 1.54) is 0 Å². The van der Waals surface area contributed by atoms with Crippen LogP contribution in [0.3, 0.4) is 0 Å². The zero-order valence-electron chi connectivity index (χ0n) is 20.0. The van der Waals surface area contributed by atoms with Gasteiger partial charge in [-0.1, -0.05) is 13.8 Å². The fraction of sp³-hybridized carbons (Fsp3) is 0.909. The summed E-state index contributed by atoms with van der Waals surface area (Å²) in [6.45, 7) is 17.2. The van der Waals surface area contributed by atoms with E-state index in [1.807, 2.05) is 55.4 Å². The minimum absolute atomic E-state index is 0.267. The summed E-state index contributed by atoms with van der Waals surface area (Å²) in [6, 6.07) is 0. The maximum absolute atomic E-state index is 11.7. The summed E-state index contributed by atoms with van der Waals surface area (Å²) >= 11 is 0. The Morgan fingerprint density at radius 2 is 1.03 bits per heavy atom. The summed E-state index contributed by atoms with van der Waals surface area (Å²) in [4.78, 5) is 26.5. The molecule has 2 amide bonds. The molecule has 0 radical (unpaired) electrons. The second kappa shape index (κ2) is 10.7. The number of likely N-dealkylation sites (tertiary alicyclic amines) is 2. The van der Waals surface area contributed by atoms with E-state index in [2.05, 4.69) is 0 Å². The van der Waals surface area contributed by atoms with E-state index in [0.717, 1.165) is 12.8 Å². The van der Waals surface area contributed by atoms with E-state index in [0.29, 0.717) is 26.2 Å². The van der Waals surface area contributed by atoms with Gasteiger partial charge in [0, 0.05) is 13.1 Å². The van der Waals surface area contributed by atoms with Crippen LogP contribution in [0, 0.1) is 11.8 Å². The highest BCUT2D eigenvalue weighted by Gasteiger charge is 2.31. The number of rotatable bonds is 0. The third kappa shape index (κ3) is 9.51. The molecular weight excluding hydrogens is 388 g/mol. The summed E-state index contributed by atoms with van der Waals surface area (Å²) in [7, 11) is 0. The van der Waals surface area contributed by atoms with Crippen LogP contribution in [0.4, 0.5) is 9.59 Å². The van der Waals surface area contributed by atoms with E-state index in [9.17, 15) is 19.8 Å². The van der Waals surface area contributed by atoms with Crippen molar-refractivity contribution in [3.8, 4) is 0 Å². The Bertz CT molecular complexity index is 519. The molecule has 2 rings (SSSR count). The molecular formula is C22H42N2O6. The lowest BCUT2D eigenvalue weighted by Crippen LogP contribution is -2.47. The molecule has 2 saturated heterocycles. The van der Waals surface area contributed by atoms with E-state index in [-0.39, 0.29) is 24.0 Å².